The number of alkyl halides is 1. The quantitative estimate of drug-likeness (QED) is 0.371. The first-order chi connectivity index (χ1) is 15.2. The van der Waals surface area contributed by atoms with E-state index in [-0.39, 0.29) is 29.9 Å². The lowest BCUT2D eigenvalue weighted by Crippen LogP contribution is -2.33. The molecule has 0 aliphatic carbocycles. The first-order valence-electron chi connectivity index (χ1n) is 9.84. The zero-order valence-corrected chi connectivity index (χ0v) is 17.5. The second-order valence-electron chi connectivity index (χ2n) is 7.62. The number of terminal acetylenes is 1. The van der Waals surface area contributed by atoms with E-state index in [0.29, 0.717) is 11.3 Å². The molecule has 3 atom stereocenters. The number of carbonyl (C=O) groups is 1. The van der Waals surface area contributed by atoms with Gasteiger partial charge in [0, 0.05) is 12.6 Å². The Labute approximate surface area is 183 Å². The molecule has 1 aliphatic rings. The van der Waals surface area contributed by atoms with Gasteiger partial charge in [-0.2, -0.15) is 4.98 Å². The van der Waals surface area contributed by atoms with Crippen molar-refractivity contribution in [2.45, 2.75) is 45.1 Å². The Balaban J connectivity index is 1.73. The molecule has 3 rings (SSSR count). The van der Waals surface area contributed by atoms with Gasteiger partial charge in [0.15, 0.2) is 6.23 Å². The average molecular weight is 446 g/mol. The molecule has 1 aromatic carbocycles. The van der Waals surface area contributed by atoms with Crippen LogP contribution in [0.3, 0.4) is 0 Å². The van der Waals surface area contributed by atoms with Gasteiger partial charge in [-0.1, -0.05) is 31.9 Å². The molecule has 0 amide bonds. The van der Waals surface area contributed by atoms with E-state index in [9.17, 15) is 19.1 Å². The Kier molecular flexibility index (Phi) is 6.93. The largest absolute Gasteiger partial charge is 0.472 e. The highest BCUT2D eigenvalue weighted by Crippen LogP contribution is 2.37. The standard InChI is InChI=1S/C22H23FN2O7/c1-4-15-10-25(19-17(27)9-22(23,12-26)32-19)21(29)24-18(15)30-11-14-5-7-16(8-6-14)31-20(28)13(2)3/h1,5-8,10,13,17,19,26-27H,9,11-12H2,2-3H3/t17-,19-,22+/m1/s1. The number of hydrogen-bond donors (Lipinski definition) is 2. The lowest BCUT2D eigenvalue weighted by atomic mass is 10.2. The van der Waals surface area contributed by atoms with Gasteiger partial charge < -0.3 is 24.4 Å². The molecule has 0 unspecified atom stereocenters. The molecule has 2 N–H and O–H groups in total. The van der Waals surface area contributed by atoms with E-state index < -0.39 is 36.9 Å². The molecule has 0 bridgehead atoms. The highest BCUT2D eigenvalue weighted by atomic mass is 19.2. The molecule has 0 radical (unpaired) electrons. The third-order valence-electron chi connectivity index (χ3n) is 4.75. The minimum atomic E-state index is -2.47. The van der Waals surface area contributed by atoms with Gasteiger partial charge in [0.05, 0.1) is 5.92 Å². The van der Waals surface area contributed by atoms with E-state index in [0.717, 1.165) is 4.57 Å². The van der Waals surface area contributed by atoms with Crippen LogP contribution in [0.1, 0.15) is 37.6 Å². The number of nitrogens with zero attached hydrogens (tertiary/aromatic N) is 2. The molecule has 9 nitrogen and oxygen atoms in total. The van der Waals surface area contributed by atoms with E-state index in [1.54, 1.807) is 38.1 Å². The monoisotopic (exact) mass is 446 g/mol. The maximum absolute atomic E-state index is 14.2. The van der Waals surface area contributed by atoms with Gasteiger partial charge in [0.2, 0.25) is 11.7 Å². The van der Waals surface area contributed by atoms with Crippen molar-refractivity contribution in [3.05, 3.63) is 52.1 Å². The van der Waals surface area contributed by atoms with Crippen LogP contribution in [0.15, 0.2) is 35.3 Å². The lowest BCUT2D eigenvalue weighted by Gasteiger charge is -2.20. The van der Waals surface area contributed by atoms with Gasteiger partial charge in [-0.25, -0.2) is 9.18 Å². The molecule has 170 valence electrons. The number of halogens is 1. The summed E-state index contributed by atoms with van der Waals surface area (Å²) in [5.74, 6) is -0.475. The highest BCUT2D eigenvalue weighted by Gasteiger charge is 2.47. The van der Waals surface area contributed by atoms with Crippen LogP contribution >= 0.6 is 0 Å². The predicted octanol–water partition coefficient (Wildman–Crippen LogP) is 1.30. The Morgan fingerprint density at radius 3 is 2.69 bits per heavy atom. The summed E-state index contributed by atoms with van der Waals surface area (Å²) in [6, 6.07) is 6.57. The zero-order valence-electron chi connectivity index (χ0n) is 17.5. The van der Waals surface area contributed by atoms with Crippen molar-refractivity contribution in [3.63, 3.8) is 0 Å². The van der Waals surface area contributed by atoms with Gasteiger partial charge >= 0.3 is 11.7 Å². The molecular weight excluding hydrogens is 423 g/mol. The van der Waals surface area contributed by atoms with Crippen molar-refractivity contribution in [1.29, 1.82) is 0 Å². The van der Waals surface area contributed by atoms with E-state index in [2.05, 4.69) is 10.9 Å². The Morgan fingerprint density at radius 1 is 1.44 bits per heavy atom. The van der Waals surface area contributed by atoms with Crippen LogP contribution in [-0.2, 0) is 16.1 Å². The van der Waals surface area contributed by atoms with Crippen molar-refractivity contribution < 1.29 is 33.6 Å². The third kappa shape index (κ3) is 5.13. The Morgan fingerprint density at radius 2 is 2.12 bits per heavy atom. The van der Waals surface area contributed by atoms with E-state index in [1.807, 2.05) is 0 Å². The Hall–Kier alpha value is -3.26. The second-order valence-corrected chi connectivity index (χ2v) is 7.62. The number of aliphatic hydroxyl groups excluding tert-OH is 2. The number of ether oxygens (including phenoxy) is 3. The van der Waals surface area contributed by atoms with Crippen molar-refractivity contribution in [2.75, 3.05) is 6.61 Å². The summed E-state index contributed by atoms with van der Waals surface area (Å²) in [6.45, 7) is 2.51. The first-order valence-corrected chi connectivity index (χ1v) is 9.84. The Bertz CT molecular complexity index is 1080. The third-order valence-corrected chi connectivity index (χ3v) is 4.75. The number of hydrogen-bond acceptors (Lipinski definition) is 8. The SMILES string of the molecule is C#Cc1cn([C@@H]2O[C@](F)(CO)C[C@H]2O)c(=O)nc1OCc1ccc(OC(=O)C(C)C)cc1. The van der Waals surface area contributed by atoms with E-state index >= 15 is 0 Å². The zero-order chi connectivity index (χ0) is 23.5. The number of carbonyl (C=O) groups excluding carboxylic acids is 1. The maximum Gasteiger partial charge on any atom is 0.353 e. The fourth-order valence-electron chi connectivity index (χ4n) is 2.99. The summed E-state index contributed by atoms with van der Waals surface area (Å²) >= 11 is 0. The van der Waals surface area contributed by atoms with Crippen LogP contribution in [0.25, 0.3) is 0 Å². The summed E-state index contributed by atoms with van der Waals surface area (Å²) in [4.78, 5) is 27.9. The van der Waals surface area contributed by atoms with Crippen LogP contribution in [0, 0.1) is 18.3 Å². The van der Waals surface area contributed by atoms with Crippen LogP contribution in [0.4, 0.5) is 4.39 Å². The van der Waals surface area contributed by atoms with Gasteiger partial charge in [-0.15, -0.1) is 6.42 Å². The summed E-state index contributed by atoms with van der Waals surface area (Å²) in [6.07, 6.45) is 3.38. The molecule has 1 fully saturated rings. The van der Waals surface area contributed by atoms with Crippen molar-refractivity contribution >= 4 is 5.97 Å². The number of esters is 1. The first kappa shape index (κ1) is 23.4. The van der Waals surface area contributed by atoms with Gasteiger partial charge in [0.1, 0.15) is 30.6 Å². The molecule has 2 aromatic rings. The smallest absolute Gasteiger partial charge is 0.353 e. The second kappa shape index (κ2) is 9.48. The van der Waals surface area contributed by atoms with E-state index in [4.69, 9.17) is 25.7 Å². The predicted molar refractivity (Wildman–Crippen MR) is 109 cm³/mol. The molecule has 0 spiro atoms. The van der Waals surface area contributed by atoms with E-state index in [1.165, 1.54) is 6.20 Å². The number of benzene rings is 1. The molecule has 32 heavy (non-hydrogen) atoms. The minimum Gasteiger partial charge on any atom is -0.472 e. The average Bonchev–Trinajstić information content (AvgIpc) is 3.07. The lowest BCUT2D eigenvalue weighted by molar-refractivity contribution is -0.180. The van der Waals surface area contributed by atoms with Gasteiger partial charge in [0.25, 0.3) is 0 Å². The molecule has 1 aromatic heterocycles. The number of aromatic nitrogens is 2. The normalized spacial score (nSPS) is 22.5. The van der Waals surface area contributed by atoms with Crippen molar-refractivity contribution in [2.24, 2.45) is 5.92 Å². The van der Waals surface area contributed by atoms with Crippen molar-refractivity contribution in [1.82, 2.24) is 9.55 Å². The molecular formula is C22H23FN2O7. The van der Waals surface area contributed by atoms with Crippen LogP contribution < -0.4 is 15.2 Å². The summed E-state index contributed by atoms with van der Waals surface area (Å²) in [5.41, 5.74) is -0.0903. The fraction of sp³-hybridized carbons (Fsp3) is 0.409. The van der Waals surface area contributed by atoms with Crippen LogP contribution in [0.5, 0.6) is 11.6 Å². The fourth-order valence-corrected chi connectivity index (χ4v) is 2.99. The molecule has 0 saturated carbocycles. The molecule has 1 aliphatic heterocycles. The molecule has 10 heteroatoms. The van der Waals surface area contributed by atoms with Crippen molar-refractivity contribution in [3.8, 4) is 24.0 Å². The van der Waals surface area contributed by atoms with Crippen LogP contribution in [0.2, 0.25) is 0 Å². The minimum absolute atomic E-state index is 0.0181. The van der Waals surface area contributed by atoms with Gasteiger partial charge in [-0.3, -0.25) is 9.36 Å². The highest BCUT2D eigenvalue weighted by molar-refractivity contribution is 5.74. The summed E-state index contributed by atoms with van der Waals surface area (Å²) in [7, 11) is 0. The topological polar surface area (TPSA) is 120 Å². The van der Waals surface area contributed by atoms with Crippen LogP contribution in [-0.4, -0.2) is 44.3 Å². The maximum atomic E-state index is 14.2. The molecule has 2 heterocycles. The molecule has 1 saturated heterocycles. The summed E-state index contributed by atoms with van der Waals surface area (Å²) in [5, 5.41) is 19.1. The van der Waals surface area contributed by atoms with Gasteiger partial charge in [-0.05, 0) is 17.7 Å². The number of rotatable bonds is 7. The summed E-state index contributed by atoms with van der Waals surface area (Å²) < 4.78 is 30.9. The number of aliphatic hydroxyl groups is 2.